The lowest BCUT2D eigenvalue weighted by atomic mass is 9.99. The monoisotopic (exact) mass is 310 g/mol. The van der Waals surface area contributed by atoms with E-state index in [2.05, 4.69) is 10.2 Å². The van der Waals surface area contributed by atoms with Crippen molar-refractivity contribution in [3.05, 3.63) is 17.2 Å². The van der Waals surface area contributed by atoms with Crippen LogP contribution >= 0.6 is 11.6 Å². The van der Waals surface area contributed by atoms with Crippen molar-refractivity contribution >= 4 is 17.3 Å². The largest absolute Gasteiger partial charge is 0.493 e. The van der Waals surface area contributed by atoms with Gasteiger partial charge in [0.2, 0.25) is 0 Å². The summed E-state index contributed by atoms with van der Waals surface area (Å²) in [4.78, 5) is 2.61. The molecule has 2 aliphatic rings. The van der Waals surface area contributed by atoms with Gasteiger partial charge in [0.25, 0.3) is 0 Å². The third-order valence-electron chi connectivity index (χ3n) is 4.67. The van der Waals surface area contributed by atoms with Crippen molar-refractivity contribution < 1.29 is 9.47 Å². The molecule has 2 fully saturated rings. The van der Waals surface area contributed by atoms with Crippen LogP contribution in [-0.4, -0.2) is 44.3 Å². The summed E-state index contributed by atoms with van der Waals surface area (Å²) < 4.78 is 10.7. The molecule has 0 saturated carbocycles. The minimum atomic E-state index is 0.473. The van der Waals surface area contributed by atoms with Gasteiger partial charge in [0.15, 0.2) is 11.5 Å². The minimum Gasteiger partial charge on any atom is -0.493 e. The number of benzene rings is 1. The molecule has 2 unspecified atom stereocenters. The molecule has 0 radical (unpaired) electrons. The lowest BCUT2D eigenvalue weighted by Gasteiger charge is -2.33. The first kappa shape index (κ1) is 14.8. The van der Waals surface area contributed by atoms with Gasteiger partial charge >= 0.3 is 0 Å². The summed E-state index contributed by atoms with van der Waals surface area (Å²) in [7, 11) is 3.27. The molecule has 0 bridgehead atoms. The molecule has 2 aliphatic heterocycles. The minimum absolute atomic E-state index is 0.473. The second kappa shape index (κ2) is 6.32. The van der Waals surface area contributed by atoms with E-state index >= 15 is 0 Å². The van der Waals surface area contributed by atoms with E-state index in [1.54, 1.807) is 14.2 Å². The van der Waals surface area contributed by atoms with Gasteiger partial charge < -0.3 is 14.8 Å². The molecule has 1 aromatic carbocycles. The van der Waals surface area contributed by atoms with Crippen molar-refractivity contribution in [1.29, 1.82) is 0 Å². The first-order chi connectivity index (χ1) is 10.2. The highest BCUT2D eigenvalue weighted by Crippen LogP contribution is 2.38. The number of nitrogens with zero attached hydrogens (tertiary/aromatic N) is 1. The Balaban J connectivity index is 1.78. The van der Waals surface area contributed by atoms with Crippen molar-refractivity contribution in [2.24, 2.45) is 0 Å². The highest BCUT2D eigenvalue weighted by molar-refractivity contribution is 6.33. The van der Waals surface area contributed by atoms with Crippen LogP contribution in [-0.2, 0) is 0 Å². The van der Waals surface area contributed by atoms with Gasteiger partial charge in [-0.3, -0.25) is 4.90 Å². The maximum atomic E-state index is 6.38. The first-order valence-corrected chi connectivity index (χ1v) is 8.03. The summed E-state index contributed by atoms with van der Waals surface area (Å²) in [6.07, 6.45) is 5.12. The molecular weight excluding hydrogens is 288 g/mol. The molecule has 2 heterocycles. The number of fused-ring (bicyclic) bond motifs is 1. The predicted molar refractivity (Wildman–Crippen MR) is 85.8 cm³/mol. The molecule has 0 aromatic heterocycles. The van der Waals surface area contributed by atoms with E-state index in [9.17, 15) is 0 Å². The van der Waals surface area contributed by atoms with Gasteiger partial charge in [-0.05, 0) is 25.8 Å². The standard InChI is InChI=1S/C16H23ClN2O2/c1-20-15-9-11(17)13(10-16(15)21-2)18-12-6-8-19-7-4-3-5-14(12)19/h9-10,12,14,18H,3-8H2,1-2H3. The van der Waals surface area contributed by atoms with Crippen molar-refractivity contribution in [3.63, 3.8) is 0 Å². The lowest BCUT2D eigenvalue weighted by molar-refractivity contribution is 0.193. The number of nitrogens with one attached hydrogen (secondary N) is 1. The number of anilines is 1. The number of ether oxygens (including phenoxy) is 2. The van der Waals surface area contributed by atoms with E-state index < -0.39 is 0 Å². The number of rotatable bonds is 4. The third-order valence-corrected chi connectivity index (χ3v) is 4.98. The Labute approximate surface area is 131 Å². The first-order valence-electron chi connectivity index (χ1n) is 7.65. The molecular formula is C16H23ClN2O2. The number of hydrogen-bond donors (Lipinski definition) is 1. The molecule has 1 N–H and O–H groups in total. The Hall–Kier alpha value is -1.13. The Morgan fingerprint density at radius 1 is 1.10 bits per heavy atom. The summed E-state index contributed by atoms with van der Waals surface area (Å²) in [6.45, 7) is 2.43. The maximum absolute atomic E-state index is 6.38. The molecule has 5 heteroatoms. The van der Waals surface area contributed by atoms with Crippen LogP contribution in [0.5, 0.6) is 11.5 Å². The fourth-order valence-electron chi connectivity index (χ4n) is 3.58. The Bertz CT molecular complexity index is 509. The highest BCUT2D eigenvalue weighted by atomic mass is 35.5. The van der Waals surface area contributed by atoms with E-state index in [0.717, 1.165) is 5.69 Å². The van der Waals surface area contributed by atoms with Gasteiger partial charge in [-0.15, -0.1) is 0 Å². The van der Waals surface area contributed by atoms with Crippen LogP contribution in [0.2, 0.25) is 5.02 Å². The fourth-order valence-corrected chi connectivity index (χ4v) is 3.79. The highest BCUT2D eigenvalue weighted by Gasteiger charge is 2.35. The fraction of sp³-hybridized carbons (Fsp3) is 0.625. The van der Waals surface area contributed by atoms with Crippen molar-refractivity contribution in [3.8, 4) is 11.5 Å². The second-order valence-electron chi connectivity index (χ2n) is 5.83. The lowest BCUT2D eigenvalue weighted by Crippen LogP contribution is -2.41. The molecule has 1 aromatic rings. The van der Waals surface area contributed by atoms with Gasteiger partial charge in [-0.1, -0.05) is 18.0 Å². The Kier molecular flexibility index (Phi) is 4.45. The van der Waals surface area contributed by atoms with Crippen LogP contribution < -0.4 is 14.8 Å². The van der Waals surface area contributed by atoms with Crippen molar-refractivity contribution in [1.82, 2.24) is 4.90 Å². The van der Waals surface area contributed by atoms with Crippen LogP contribution in [0, 0.1) is 0 Å². The number of methoxy groups -OCH3 is 2. The molecule has 2 saturated heterocycles. The van der Waals surface area contributed by atoms with Gasteiger partial charge in [-0.25, -0.2) is 0 Å². The molecule has 21 heavy (non-hydrogen) atoms. The zero-order valence-corrected chi connectivity index (χ0v) is 13.4. The van der Waals surface area contributed by atoms with Gasteiger partial charge in [0, 0.05) is 30.8 Å². The molecule has 2 atom stereocenters. The van der Waals surface area contributed by atoms with Crippen molar-refractivity contribution in [2.45, 2.75) is 37.8 Å². The predicted octanol–water partition coefficient (Wildman–Crippen LogP) is 3.40. The van der Waals surface area contributed by atoms with Gasteiger partial charge in [-0.2, -0.15) is 0 Å². The molecule has 116 valence electrons. The van der Waals surface area contributed by atoms with E-state index in [1.165, 1.54) is 38.8 Å². The summed E-state index contributed by atoms with van der Waals surface area (Å²) >= 11 is 6.38. The van der Waals surface area contributed by atoms with Gasteiger partial charge in [0.05, 0.1) is 24.9 Å². The number of hydrogen-bond acceptors (Lipinski definition) is 4. The number of halogens is 1. The van der Waals surface area contributed by atoms with E-state index in [1.807, 2.05) is 12.1 Å². The van der Waals surface area contributed by atoms with E-state index in [4.69, 9.17) is 21.1 Å². The summed E-state index contributed by atoms with van der Waals surface area (Å²) in [5.74, 6) is 1.38. The maximum Gasteiger partial charge on any atom is 0.162 e. The molecule has 0 spiro atoms. The summed E-state index contributed by atoms with van der Waals surface area (Å²) in [5.41, 5.74) is 0.937. The van der Waals surface area contributed by atoms with Crippen LogP contribution in [0.3, 0.4) is 0 Å². The second-order valence-corrected chi connectivity index (χ2v) is 6.23. The van der Waals surface area contributed by atoms with Crippen molar-refractivity contribution in [2.75, 3.05) is 32.6 Å². The molecule has 0 aliphatic carbocycles. The van der Waals surface area contributed by atoms with Crippen LogP contribution in [0.4, 0.5) is 5.69 Å². The van der Waals surface area contributed by atoms with Crippen LogP contribution in [0.1, 0.15) is 25.7 Å². The molecule has 0 amide bonds. The topological polar surface area (TPSA) is 33.7 Å². The summed E-state index contributed by atoms with van der Waals surface area (Å²) in [5, 5.41) is 4.31. The van der Waals surface area contributed by atoms with E-state index in [0.29, 0.717) is 28.6 Å². The summed E-state index contributed by atoms with van der Waals surface area (Å²) in [6, 6.07) is 4.87. The normalized spacial score (nSPS) is 25.5. The Morgan fingerprint density at radius 2 is 1.86 bits per heavy atom. The zero-order chi connectivity index (χ0) is 14.8. The Morgan fingerprint density at radius 3 is 2.62 bits per heavy atom. The molecule has 4 nitrogen and oxygen atoms in total. The van der Waals surface area contributed by atoms with E-state index in [-0.39, 0.29) is 0 Å². The van der Waals surface area contributed by atoms with Crippen LogP contribution in [0.15, 0.2) is 12.1 Å². The smallest absolute Gasteiger partial charge is 0.162 e. The average molecular weight is 311 g/mol. The quantitative estimate of drug-likeness (QED) is 0.924. The average Bonchev–Trinajstić information content (AvgIpc) is 2.92. The zero-order valence-electron chi connectivity index (χ0n) is 12.7. The third kappa shape index (κ3) is 2.92. The SMILES string of the molecule is COc1cc(Cl)c(NC2CCN3CCCCC23)cc1OC. The molecule has 3 rings (SSSR count). The van der Waals surface area contributed by atoms with Crippen LogP contribution in [0.25, 0.3) is 0 Å². The van der Waals surface area contributed by atoms with Gasteiger partial charge in [0.1, 0.15) is 0 Å². The number of piperidine rings is 1.